The van der Waals surface area contributed by atoms with Crippen molar-refractivity contribution in [2.45, 2.75) is 12.6 Å². The Balaban J connectivity index is 0.00000324. The highest BCUT2D eigenvalue weighted by Crippen LogP contribution is 2.23. The van der Waals surface area contributed by atoms with Gasteiger partial charge in [0.2, 0.25) is 0 Å². The van der Waals surface area contributed by atoms with Crippen molar-refractivity contribution in [3.8, 4) is 11.6 Å². The van der Waals surface area contributed by atoms with Gasteiger partial charge in [0.15, 0.2) is 5.96 Å². The fourth-order valence-electron chi connectivity index (χ4n) is 3.84. The first-order chi connectivity index (χ1) is 16.3. The fraction of sp³-hybridized carbons (Fsp3) is 0.375. The SMILES string of the molecule is CN=C(NCc1ccc(-n2ccnc2)nc1)NCC(c1ccc(OC)cc1)N1CCOCC1.I. The van der Waals surface area contributed by atoms with Crippen LogP contribution in [0.3, 0.4) is 0 Å². The second-order valence-electron chi connectivity index (χ2n) is 7.74. The van der Waals surface area contributed by atoms with Crippen LogP contribution in [0.5, 0.6) is 5.75 Å². The van der Waals surface area contributed by atoms with E-state index < -0.39 is 0 Å². The predicted octanol–water partition coefficient (Wildman–Crippen LogP) is 2.63. The number of ether oxygens (including phenoxy) is 2. The molecule has 1 saturated heterocycles. The van der Waals surface area contributed by atoms with Gasteiger partial charge in [-0.25, -0.2) is 9.97 Å². The summed E-state index contributed by atoms with van der Waals surface area (Å²) >= 11 is 0. The number of aliphatic imine (C=N–C) groups is 1. The standard InChI is InChI=1S/C24H31N7O2.HI/c1-25-24(28-16-19-3-8-23(27-15-19)31-10-9-26-18-31)29-17-22(30-11-13-33-14-12-30)20-4-6-21(32-2)7-5-20;/h3-10,15,18,22H,11-14,16-17H2,1-2H3,(H2,25,28,29);1H. The molecule has 182 valence electrons. The molecule has 0 aliphatic carbocycles. The number of pyridine rings is 1. The van der Waals surface area contributed by atoms with E-state index in [4.69, 9.17) is 9.47 Å². The summed E-state index contributed by atoms with van der Waals surface area (Å²) in [4.78, 5) is 15.4. The van der Waals surface area contributed by atoms with E-state index in [1.807, 2.05) is 35.2 Å². The van der Waals surface area contributed by atoms with E-state index in [1.54, 1.807) is 26.7 Å². The molecule has 1 aliphatic rings. The molecule has 1 aliphatic heterocycles. The molecule has 34 heavy (non-hydrogen) atoms. The number of morpholine rings is 1. The average molecular weight is 577 g/mol. The van der Waals surface area contributed by atoms with E-state index in [9.17, 15) is 0 Å². The van der Waals surface area contributed by atoms with E-state index in [-0.39, 0.29) is 30.0 Å². The lowest BCUT2D eigenvalue weighted by atomic mass is 10.0. The summed E-state index contributed by atoms with van der Waals surface area (Å²) in [6, 6.07) is 12.5. The van der Waals surface area contributed by atoms with E-state index in [1.165, 1.54) is 5.56 Å². The average Bonchev–Trinajstić information content (AvgIpc) is 3.42. The summed E-state index contributed by atoms with van der Waals surface area (Å²) in [6.45, 7) is 4.66. The minimum absolute atomic E-state index is 0. The molecular weight excluding hydrogens is 545 g/mol. The molecule has 0 bridgehead atoms. The zero-order chi connectivity index (χ0) is 22.9. The smallest absolute Gasteiger partial charge is 0.191 e. The minimum atomic E-state index is 0. The van der Waals surface area contributed by atoms with Crippen molar-refractivity contribution in [3.63, 3.8) is 0 Å². The van der Waals surface area contributed by atoms with E-state index >= 15 is 0 Å². The number of hydrogen-bond donors (Lipinski definition) is 2. The van der Waals surface area contributed by atoms with Gasteiger partial charge >= 0.3 is 0 Å². The van der Waals surface area contributed by atoms with Crippen LogP contribution in [0.25, 0.3) is 5.82 Å². The summed E-state index contributed by atoms with van der Waals surface area (Å²) in [5, 5.41) is 6.87. The van der Waals surface area contributed by atoms with Crippen LogP contribution >= 0.6 is 24.0 Å². The van der Waals surface area contributed by atoms with Gasteiger partial charge in [0.1, 0.15) is 17.9 Å². The van der Waals surface area contributed by atoms with Crippen molar-refractivity contribution in [3.05, 3.63) is 72.4 Å². The number of guanidine groups is 1. The topological polar surface area (TPSA) is 88.8 Å². The zero-order valence-electron chi connectivity index (χ0n) is 19.6. The number of aromatic nitrogens is 3. The summed E-state index contributed by atoms with van der Waals surface area (Å²) in [5.74, 6) is 2.45. The van der Waals surface area contributed by atoms with Gasteiger partial charge in [-0.05, 0) is 29.3 Å². The van der Waals surface area contributed by atoms with Crippen molar-refractivity contribution < 1.29 is 9.47 Å². The molecule has 1 fully saturated rings. The van der Waals surface area contributed by atoms with Gasteiger partial charge in [0.05, 0.1) is 26.4 Å². The van der Waals surface area contributed by atoms with Gasteiger partial charge in [-0.1, -0.05) is 18.2 Å². The lowest BCUT2D eigenvalue weighted by molar-refractivity contribution is 0.0170. The van der Waals surface area contributed by atoms with Crippen LogP contribution in [-0.2, 0) is 11.3 Å². The number of imidazole rings is 1. The molecule has 0 amide bonds. The number of hydrogen-bond acceptors (Lipinski definition) is 6. The summed E-state index contributed by atoms with van der Waals surface area (Å²) in [7, 11) is 3.47. The number of methoxy groups -OCH3 is 1. The van der Waals surface area contributed by atoms with Crippen LogP contribution in [0.2, 0.25) is 0 Å². The first-order valence-corrected chi connectivity index (χ1v) is 11.1. The second kappa shape index (κ2) is 13.3. The molecule has 3 heterocycles. The molecule has 0 saturated carbocycles. The number of nitrogens with one attached hydrogen (secondary N) is 2. The Bertz CT molecular complexity index is 1000. The third-order valence-corrected chi connectivity index (χ3v) is 5.71. The molecular formula is C24H32IN7O2. The molecule has 1 unspecified atom stereocenters. The van der Waals surface area contributed by atoms with E-state index in [0.29, 0.717) is 6.54 Å². The Morgan fingerprint density at radius 1 is 1.15 bits per heavy atom. The van der Waals surface area contributed by atoms with Crippen LogP contribution < -0.4 is 15.4 Å². The highest BCUT2D eigenvalue weighted by atomic mass is 127. The third kappa shape index (κ3) is 6.90. The maximum atomic E-state index is 5.56. The van der Waals surface area contributed by atoms with Gasteiger partial charge in [-0.15, -0.1) is 24.0 Å². The quantitative estimate of drug-likeness (QED) is 0.242. The van der Waals surface area contributed by atoms with Crippen molar-refractivity contribution in [1.29, 1.82) is 0 Å². The van der Waals surface area contributed by atoms with Crippen LogP contribution in [0, 0.1) is 0 Å². The largest absolute Gasteiger partial charge is 0.497 e. The van der Waals surface area contributed by atoms with E-state index in [2.05, 4.69) is 48.7 Å². The van der Waals surface area contributed by atoms with Crippen molar-refractivity contribution in [2.24, 2.45) is 4.99 Å². The highest BCUT2D eigenvalue weighted by Gasteiger charge is 2.23. The van der Waals surface area contributed by atoms with Crippen molar-refractivity contribution >= 4 is 29.9 Å². The van der Waals surface area contributed by atoms with E-state index in [0.717, 1.165) is 55.9 Å². The predicted molar refractivity (Wildman–Crippen MR) is 143 cm³/mol. The van der Waals surface area contributed by atoms with Gasteiger partial charge in [0, 0.05) is 51.8 Å². The molecule has 10 heteroatoms. The normalized spacial score (nSPS) is 15.3. The second-order valence-corrected chi connectivity index (χ2v) is 7.74. The maximum absolute atomic E-state index is 5.56. The molecule has 2 N–H and O–H groups in total. The number of rotatable bonds is 8. The zero-order valence-corrected chi connectivity index (χ0v) is 21.9. The number of benzene rings is 1. The van der Waals surface area contributed by atoms with Crippen LogP contribution in [-0.4, -0.2) is 72.4 Å². The van der Waals surface area contributed by atoms with Crippen LogP contribution in [0.4, 0.5) is 0 Å². The Morgan fingerprint density at radius 2 is 1.94 bits per heavy atom. The first-order valence-electron chi connectivity index (χ1n) is 11.1. The van der Waals surface area contributed by atoms with Gasteiger partial charge < -0.3 is 20.1 Å². The third-order valence-electron chi connectivity index (χ3n) is 5.71. The fourth-order valence-corrected chi connectivity index (χ4v) is 3.84. The van der Waals surface area contributed by atoms with Crippen LogP contribution in [0.15, 0.2) is 66.3 Å². The van der Waals surface area contributed by atoms with Crippen molar-refractivity contribution in [1.82, 2.24) is 30.1 Å². The highest BCUT2D eigenvalue weighted by molar-refractivity contribution is 14.0. The molecule has 0 spiro atoms. The Labute approximate surface area is 217 Å². The van der Waals surface area contributed by atoms with Crippen molar-refractivity contribution in [2.75, 3.05) is 47.0 Å². The maximum Gasteiger partial charge on any atom is 0.191 e. The molecule has 9 nitrogen and oxygen atoms in total. The Kier molecular flexibility index (Phi) is 10.1. The molecule has 4 rings (SSSR count). The first kappa shape index (κ1) is 25.9. The van der Waals surface area contributed by atoms with Gasteiger partial charge in [-0.3, -0.25) is 14.5 Å². The molecule has 1 atom stereocenters. The molecule has 2 aromatic heterocycles. The summed E-state index contributed by atoms with van der Waals surface area (Å²) < 4.78 is 12.8. The Morgan fingerprint density at radius 3 is 2.56 bits per heavy atom. The molecule has 1 aromatic carbocycles. The minimum Gasteiger partial charge on any atom is -0.497 e. The monoisotopic (exact) mass is 577 g/mol. The Hall–Kier alpha value is -2.70. The summed E-state index contributed by atoms with van der Waals surface area (Å²) in [6.07, 6.45) is 7.21. The number of halogens is 1. The van der Waals surface area contributed by atoms with Gasteiger partial charge in [0.25, 0.3) is 0 Å². The number of nitrogens with zero attached hydrogens (tertiary/aromatic N) is 5. The lowest BCUT2D eigenvalue weighted by Gasteiger charge is -2.35. The lowest BCUT2D eigenvalue weighted by Crippen LogP contribution is -2.46. The summed E-state index contributed by atoms with van der Waals surface area (Å²) in [5.41, 5.74) is 2.31. The van der Waals surface area contributed by atoms with Crippen LogP contribution in [0.1, 0.15) is 17.2 Å². The van der Waals surface area contributed by atoms with Gasteiger partial charge in [-0.2, -0.15) is 0 Å². The molecule has 3 aromatic rings. The molecule has 0 radical (unpaired) electrons.